The molecule has 0 unspecified atom stereocenters. The zero-order chi connectivity index (χ0) is 21.8. The fraction of sp³-hybridized carbons (Fsp3) is 0.520. The Morgan fingerprint density at radius 2 is 1.34 bits per heavy atom. The molecular weight excluding hydrogens is 362 g/mol. The number of phenols is 1. The van der Waals surface area contributed by atoms with Crippen LogP contribution in [0.15, 0.2) is 30.3 Å². The van der Waals surface area contributed by atoms with Crippen molar-refractivity contribution in [2.75, 3.05) is 20.8 Å². The van der Waals surface area contributed by atoms with Crippen LogP contribution < -0.4 is 14.8 Å². The highest BCUT2D eigenvalue weighted by Gasteiger charge is 2.26. The molecule has 0 aliphatic heterocycles. The Labute approximate surface area is 176 Å². The van der Waals surface area contributed by atoms with Gasteiger partial charge in [0.2, 0.25) is 0 Å². The second-order valence-corrected chi connectivity index (χ2v) is 9.66. The molecule has 0 saturated heterocycles. The molecule has 0 atom stereocenters. The number of phenolic OH excluding ortho intramolecular Hbond substituents is 1. The topological polar surface area (TPSA) is 50.7 Å². The van der Waals surface area contributed by atoms with Crippen LogP contribution in [0, 0.1) is 0 Å². The molecule has 2 aromatic carbocycles. The van der Waals surface area contributed by atoms with Gasteiger partial charge in [-0.25, -0.2) is 0 Å². The summed E-state index contributed by atoms with van der Waals surface area (Å²) in [6, 6.07) is 10.3. The van der Waals surface area contributed by atoms with Gasteiger partial charge in [-0.1, -0.05) is 59.7 Å². The summed E-state index contributed by atoms with van der Waals surface area (Å²) in [6.45, 7) is 14.5. The van der Waals surface area contributed by atoms with Gasteiger partial charge in [0, 0.05) is 6.54 Å². The van der Waals surface area contributed by atoms with Crippen LogP contribution in [0.2, 0.25) is 0 Å². The van der Waals surface area contributed by atoms with Gasteiger partial charge >= 0.3 is 0 Å². The number of hydrogen-bond acceptors (Lipinski definition) is 4. The van der Waals surface area contributed by atoms with Crippen molar-refractivity contribution in [2.24, 2.45) is 0 Å². The molecule has 0 radical (unpaired) electrons. The van der Waals surface area contributed by atoms with Crippen LogP contribution in [0.4, 0.5) is 0 Å². The first-order valence-corrected chi connectivity index (χ1v) is 10.3. The van der Waals surface area contributed by atoms with Gasteiger partial charge in [0.1, 0.15) is 5.75 Å². The second-order valence-electron chi connectivity index (χ2n) is 9.66. The fourth-order valence-corrected chi connectivity index (χ4v) is 3.44. The molecule has 2 aromatic rings. The average molecular weight is 400 g/mol. The molecule has 160 valence electrons. The third-order valence-corrected chi connectivity index (χ3v) is 5.15. The largest absolute Gasteiger partial charge is 0.507 e. The molecule has 4 heteroatoms. The van der Waals surface area contributed by atoms with Gasteiger partial charge in [-0.05, 0) is 58.2 Å². The van der Waals surface area contributed by atoms with E-state index in [1.807, 2.05) is 12.1 Å². The van der Waals surface area contributed by atoms with Gasteiger partial charge in [0.05, 0.1) is 14.2 Å². The van der Waals surface area contributed by atoms with Crippen molar-refractivity contribution in [3.8, 4) is 17.2 Å². The first-order valence-electron chi connectivity index (χ1n) is 10.3. The Kier molecular flexibility index (Phi) is 7.23. The van der Waals surface area contributed by atoms with Crippen LogP contribution in [0.1, 0.15) is 63.8 Å². The van der Waals surface area contributed by atoms with Gasteiger partial charge in [-0.3, -0.25) is 0 Å². The summed E-state index contributed by atoms with van der Waals surface area (Å²) in [7, 11) is 3.30. The molecule has 0 aromatic heterocycles. The van der Waals surface area contributed by atoms with E-state index in [0.717, 1.165) is 42.1 Å². The normalized spacial score (nSPS) is 12.1. The molecule has 0 saturated carbocycles. The Morgan fingerprint density at radius 1 is 0.793 bits per heavy atom. The van der Waals surface area contributed by atoms with E-state index in [1.54, 1.807) is 14.2 Å². The number of aromatic hydroxyl groups is 1. The fourth-order valence-electron chi connectivity index (χ4n) is 3.44. The van der Waals surface area contributed by atoms with Gasteiger partial charge in [-0.15, -0.1) is 0 Å². The van der Waals surface area contributed by atoms with E-state index in [2.05, 4.69) is 65.1 Å². The third-order valence-electron chi connectivity index (χ3n) is 5.15. The van der Waals surface area contributed by atoms with Crippen molar-refractivity contribution >= 4 is 0 Å². The molecule has 4 nitrogen and oxygen atoms in total. The highest BCUT2D eigenvalue weighted by molar-refractivity contribution is 5.50. The lowest BCUT2D eigenvalue weighted by molar-refractivity contribution is 0.354. The Hall–Kier alpha value is -2.20. The van der Waals surface area contributed by atoms with E-state index >= 15 is 0 Å². The Morgan fingerprint density at radius 3 is 1.83 bits per heavy atom. The minimum atomic E-state index is -0.111. The molecule has 0 bridgehead atoms. The van der Waals surface area contributed by atoms with E-state index in [-0.39, 0.29) is 10.8 Å². The van der Waals surface area contributed by atoms with Crippen molar-refractivity contribution in [1.82, 2.24) is 5.32 Å². The summed E-state index contributed by atoms with van der Waals surface area (Å²) in [5.41, 5.74) is 4.18. The first kappa shape index (κ1) is 23.1. The number of methoxy groups -OCH3 is 2. The molecule has 0 fully saturated rings. The minimum Gasteiger partial charge on any atom is -0.507 e. The SMILES string of the molecule is COc1ccc(CCNCc2cc(C(C)(C)C)c(O)c(C(C)(C)C)c2)cc1OC. The van der Waals surface area contributed by atoms with Crippen molar-refractivity contribution in [1.29, 1.82) is 0 Å². The summed E-state index contributed by atoms with van der Waals surface area (Å²) in [5, 5.41) is 14.4. The average Bonchev–Trinajstić information content (AvgIpc) is 2.64. The summed E-state index contributed by atoms with van der Waals surface area (Å²) in [6.07, 6.45) is 0.899. The molecule has 29 heavy (non-hydrogen) atoms. The monoisotopic (exact) mass is 399 g/mol. The molecule has 0 spiro atoms. The summed E-state index contributed by atoms with van der Waals surface area (Å²) >= 11 is 0. The molecule has 0 aliphatic rings. The number of ether oxygens (including phenoxy) is 2. The molecule has 0 amide bonds. The highest BCUT2D eigenvalue weighted by atomic mass is 16.5. The van der Waals surface area contributed by atoms with Gasteiger partial charge < -0.3 is 19.9 Å². The van der Waals surface area contributed by atoms with E-state index in [9.17, 15) is 5.11 Å². The Balaban J connectivity index is 2.11. The molecule has 0 heterocycles. The van der Waals surface area contributed by atoms with Gasteiger partial charge in [-0.2, -0.15) is 0 Å². The summed E-state index contributed by atoms with van der Waals surface area (Å²) in [4.78, 5) is 0. The lowest BCUT2D eigenvalue weighted by Gasteiger charge is -2.28. The third kappa shape index (κ3) is 5.89. The number of hydrogen-bond donors (Lipinski definition) is 2. The van der Waals surface area contributed by atoms with Crippen molar-refractivity contribution < 1.29 is 14.6 Å². The summed E-state index contributed by atoms with van der Waals surface area (Å²) < 4.78 is 10.7. The maximum atomic E-state index is 10.9. The maximum absolute atomic E-state index is 10.9. The van der Waals surface area contributed by atoms with Crippen LogP contribution in [0.5, 0.6) is 17.2 Å². The standard InChI is InChI=1S/C25H37NO3/c1-24(2,3)19-13-18(14-20(23(19)27)25(4,5)6)16-26-12-11-17-9-10-21(28-7)22(15-17)29-8/h9-10,13-15,26-27H,11-12,16H2,1-8H3. The van der Waals surface area contributed by atoms with Crippen LogP contribution >= 0.6 is 0 Å². The maximum Gasteiger partial charge on any atom is 0.160 e. The smallest absolute Gasteiger partial charge is 0.160 e. The summed E-state index contributed by atoms with van der Waals surface area (Å²) in [5.74, 6) is 1.94. The van der Waals surface area contributed by atoms with Crippen LogP contribution in [0.3, 0.4) is 0 Å². The molecule has 0 aliphatic carbocycles. The zero-order valence-electron chi connectivity index (χ0n) is 19.3. The first-order chi connectivity index (χ1) is 13.5. The highest BCUT2D eigenvalue weighted by Crippen LogP contribution is 2.39. The van der Waals surface area contributed by atoms with Crippen molar-refractivity contribution in [2.45, 2.75) is 65.3 Å². The predicted molar refractivity (Wildman–Crippen MR) is 120 cm³/mol. The van der Waals surface area contributed by atoms with E-state index < -0.39 is 0 Å². The minimum absolute atomic E-state index is 0.111. The lowest BCUT2D eigenvalue weighted by atomic mass is 9.78. The van der Waals surface area contributed by atoms with Crippen molar-refractivity contribution in [3.63, 3.8) is 0 Å². The predicted octanol–water partition coefficient (Wildman–Crippen LogP) is 5.34. The molecule has 2 N–H and O–H groups in total. The van der Waals surface area contributed by atoms with Crippen LogP contribution in [-0.4, -0.2) is 25.9 Å². The Bertz CT molecular complexity index is 794. The van der Waals surface area contributed by atoms with Crippen LogP contribution in [0.25, 0.3) is 0 Å². The second kappa shape index (κ2) is 9.08. The number of benzene rings is 2. The van der Waals surface area contributed by atoms with Crippen molar-refractivity contribution in [3.05, 3.63) is 52.6 Å². The molecule has 2 rings (SSSR count). The van der Waals surface area contributed by atoms with Gasteiger partial charge in [0.15, 0.2) is 11.5 Å². The van der Waals surface area contributed by atoms with E-state index in [1.165, 1.54) is 11.1 Å². The van der Waals surface area contributed by atoms with Gasteiger partial charge in [0.25, 0.3) is 0 Å². The van der Waals surface area contributed by atoms with E-state index in [0.29, 0.717) is 5.75 Å². The van der Waals surface area contributed by atoms with Crippen LogP contribution in [-0.2, 0) is 23.8 Å². The quantitative estimate of drug-likeness (QED) is 0.617. The molecular formula is C25H37NO3. The number of nitrogens with one attached hydrogen (secondary N) is 1. The lowest BCUT2D eigenvalue weighted by Crippen LogP contribution is -2.21. The van der Waals surface area contributed by atoms with E-state index in [4.69, 9.17) is 9.47 Å². The zero-order valence-corrected chi connectivity index (χ0v) is 19.3. The number of rotatable bonds is 7.